The molecule has 3 aromatic carbocycles. The van der Waals surface area contributed by atoms with Crippen LogP contribution in [0, 0.1) is 3.57 Å². The van der Waals surface area contributed by atoms with E-state index < -0.39 is 0 Å². The summed E-state index contributed by atoms with van der Waals surface area (Å²) >= 11 is 7.35. The molecule has 0 spiro atoms. The number of hydrogen-bond donors (Lipinski definition) is 3. The van der Waals surface area contributed by atoms with Gasteiger partial charge in [0.2, 0.25) is 0 Å². The highest BCUT2D eigenvalue weighted by atomic mass is 127. The van der Waals surface area contributed by atoms with E-state index in [4.69, 9.17) is 12.2 Å². The number of carbonyl (C=O) groups excluding carboxylic acids is 2. The molecule has 0 fully saturated rings. The molecule has 2 amide bonds. The number of anilines is 1. The summed E-state index contributed by atoms with van der Waals surface area (Å²) in [7, 11) is 0. The molecule has 0 aliphatic heterocycles. The lowest BCUT2D eigenvalue weighted by Crippen LogP contribution is -2.34. The highest BCUT2D eigenvalue weighted by Gasteiger charge is 2.09. The molecule has 0 radical (unpaired) electrons. The molecule has 0 atom stereocenters. The van der Waals surface area contributed by atoms with Crippen molar-refractivity contribution in [3.63, 3.8) is 0 Å². The summed E-state index contributed by atoms with van der Waals surface area (Å²) in [4.78, 5) is 24.5. The van der Waals surface area contributed by atoms with Crippen LogP contribution in [0.15, 0.2) is 78.9 Å². The Hall–Kier alpha value is -2.78. The van der Waals surface area contributed by atoms with E-state index in [9.17, 15) is 9.59 Å². The molecule has 29 heavy (non-hydrogen) atoms. The number of halogens is 1. The maximum absolute atomic E-state index is 12.3. The molecule has 5 nitrogen and oxygen atoms in total. The van der Waals surface area contributed by atoms with Gasteiger partial charge in [-0.15, -0.1) is 0 Å². The molecule has 0 aliphatic carbocycles. The van der Waals surface area contributed by atoms with Crippen molar-refractivity contribution in [2.24, 2.45) is 0 Å². The molecule has 0 aliphatic rings. The first-order valence-corrected chi connectivity index (χ1v) is 10.3. The van der Waals surface area contributed by atoms with Crippen LogP contribution in [0.5, 0.6) is 0 Å². The van der Waals surface area contributed by atoms with Crippen molar-refractivity contribution in [2.45, 2.75) is 6.54 Å². The van der Waals surface area contributed by atoms with Crippen molar-refractivity contribution in [1.82, 2.24) is 10.6 Å². The summed E-state index contributed by atoms with van der Waals surface area (Å²) in [6.07, 6.45) is 0. The first-order valence-electron chi connectivity index (χ1n) is 8.81. The third-order valence-corrected chi connectivity index (χ3v) is 4.89. The van der Waals surface area contributed by atoms with Gasteiger partial charge in [-0.3, -0.25) is 14.9 Å². The van der Waals surface area contributed by atoms with Crippen molar-refractivity contribution in [3.05, 3.63) is 99.1 Å². The van der Waals surface area contributed by atoms with Crippen molar-refractivity contribution in [1.29, 1.82) is 0 Å². The van der Waals surface area contributed by atoms with Crippen LogP contribution >= 0.6 is 34.8 Å². The van der Waals surface area contributed by atoms with E-state index in [1.807, 2.05) is 42.5 Å². The fourth-order valence-corrected chi connectivity index (χ4v) is 3.31. The van der Waals surface area contributed by atoms with E-state index in [1.165, 1.54) is 0 Å². The molecule has 0 heterocycles. The van der Waals surface area contributed by atoms with Crippen LogP contribution in [0.4, 0.5) is 5.69 Å². The highest BCUT2D eigenvalue weighted by Crippen LogP contribution is 2.11. The fraction of sp³-hybridized carbons (Fsp3) is 0.0455. The number of thiocarbonyl (C=S) groups is 1. The van der Waals surface area contributed by atoms with Gasteiger partial charge in [-0.2, -0.15) is 0 Å². The van der Waals surface area contributed by atoms with E-state index in [1.54, 1.807) is 36.4 Å². The van der Waals surface area contributed by atoms with Crippen molar-refractivity contribution < 1.29 is 9.59 Å². The molecule has 0 aromatic heterocycles. The number of nitrogens with one attached hydrogen (secondary N) is 3. The zero-order chi connectivity index (χ0) is 20.6. The largest absolute Gasteiger partial charge is 0.348 e. The van der Waals surface area contributed by atoms with Gasteiger partial charge < -0.3 is 10.6 Å². The minimum absolute atomic E-state index is 0.157. The third kappa shape index (κ3) is 6.37. The van der Waals surface area contributed by atoms with Gasteiger partial charge in [-0.1, -0.05) is 36.4 Å². The standard InChI is InChI=1S/C22H18IN3O2S/c23-18-8-4-7-17(13-18)21(28)26-22(29)25-19-11-9-16(10-12-19)20(27)24-14-15-5-2-1-3-6-15/h1-13H,14H2,(H,24,27)(H2,25,26,28,29). The third-order valence-electron chi connectivity index (χ3n) is 4.01. The molecule has 3 rings (SSSR count). The van der Waals surface area contributed by atoms with Crippen molar-refractivity contribution >= 4 is 57.4 Å². The van der Waals surface area contributed by atoms with E-state index in [0.717, 1.165) is 9.13 Å². The van der Waals surface area contributed by atoms with Gasteiger partial charge in [0.25, 0.3) is 11.8 Å². The monoisotopic (exact) mass is 515 g/mol. The minimum atomic E-state index is -0.280. The Morgan fingerprint density at radius 1 is 0.828 bits per heavy atom. The van der Waals surface area contributed by atoms with E-state index in [-0.39, 0.29) is 16.9 Å². The van der Waals surface area contributed by atoms with Crippen LogP contribution in [0.2, 0.25) is 0 Å². The SMILES string of the molecule is O=C(NCc1ccccc1)c1ccc(NC(=S)NC(=O)c2cccc(I)c2)cc1. The number of carbonyl (C=O) groups is 2. The molecule has 3 N–H and O–H groups in total. The minimum Gasteiger partial charge on any atom is -0.348 e. The molecule has 3 aromatic rings. The van der Waals surface area contributed by atoms with E-state index in [0.29, 0.717) is 23.4 Å². The van der Waals surface area contributed by atoms with E-state index in [2.05, 4.69) is 38.5 Å². The maximum Gasteiger partial charge on any atom is 0.257 e. The molecule has 146 valence electrons. The van der Waals surface area contributed by atoms with Crippen LogP contribution in [-0.2, 0) is 6.54 Å². The Kier molecular flexibility index (Phi) is 7.31. The normalized spacial score (nSPS) is 10.1. The van der Waals surface area contributed by atoms with Crippen molar-refractivity contribution in [3.8, 4) is 0 Å². The Bertz CT molecular complexity index is 1020. The number of rotatable bonds is 5. The summed E-state index contributed by atoms with van der Waals surface area (Å²) < 4.78 is 0.968. The molecule has 7 heteroatoms. The van der Waals surface area contributed by atoms with Gasteiger partial charge in [-0.25, -0.2) is 0 Å². The predicted molar refractivity (Wildman–Crippen MR) is 127 cm³/mol. The first kappa shape index (κ1) is 20.9. The maximum atomic E-state index is 12.3. The Morgan fingerprint density at radius 3 is 2.24 bits per heavy atom. The summed E-state index contributed by atoms with van der Waals surface area (Å²) in [6.45, 7) is 0.466. The van der Waals surface area contributed by atoms with Crippen LogP contribution in [0.1, 0.15) is 26.3 Å². The van der Waals surface area contributed by atoms with Gasteiger partial charge in [0.15, 0.2) is 5.11 Å². The van der Waals surface area contributed by atoms with Gasteiger partial charge >= 0.3 is 0 Å². The molecule has 0 saturated heterocycles. The summed E-state index contributed by atoms with van der Waals surface area (Å²) in [5, 5.41) is 8.67. The smallest absolute Gasteiger partial charge is 0.257 e. The van der Waals surface area contributed by atoms with E-state index >= 15 is 0 Å². The molecular weight excluding hydrogens is 497 g/mol. The number of benzene rings is 3. The predicted octanol–water partition coefficient (Wildman–Crippen LogP) is 4.35. The summed E-state index contributed by atoms with van der Waals surface area (Å²) in [5.41, 5.74) is 2.79. The number of hydrogen-bond acceptors (Lipinski definition) is 3. The van der Waals surface area contributed by atoms with Crippen LogP contribution in [0.25, 0.3) is 0 Å². The number of amides is 2. The Labute approximate surface area is 188 Å². The lowest BCUT2D eigenvalue weighted by atomic mass is 10.2. The molecule has 0 bridgehead atoms. The Balaban J connectivity index is 1.52. The van der Waals surface area contributed by atoms with Crippen molar-refractivity contribution in [2.75, 3.05) is 5.32 Å². The molecule has 0 saturated carbocycles. The van der Waals surface area contributed by atoms with Gasteiger partial charge in [0.05, 0.1) is 0 Å². The van der Waals surface area contributed by atoms with Gasteiger partial charge in [0, 0.05) is 26.9 Å². The van der Waals surface area contributed by atoms with Gasteiger partial charge in [-0.05, 0) is 82.8 Å². The average Bonchev–Trinajstić information content (AvgIpc) is 2.73. The average molecular weight is 515 g/mol. The lowest BCUT2D eigenvalue weighted by molar-refractivity contribution is 0.0948. The first-order chi connectivity index (χ1) is 14.0. The zero-order valence-electron chi connectivity index (χ0n) is 15.3. The lowest BCUT2D eigenvalue weighted by Gasteiger charge is -2.11. The Morgan fingerprint density at radius 2 is 1.55 bits per heavy atom. The second kappa shape index (κ2) is 10.1. The zero-order valence-corrected chi connectivity index (χ0v) is 18.3. The quantitative estimate of drug-likeness (QED) is 0.349. The topological polar surface area (TPSA) is 70.2 Å². The highest BCUT2D eigenvalue weighted by molar-refractivity contribution is 14.1. The summed E-state index contributed by atoms with van der Waals surface area (Å²) in [6, 6.07) is 23.8. The fourth-order valence-electron chi connectivity index (χ4n) is 2.55. The summed E-state index contributed by atoms with van der Waals surface area (Å²) in [5.74, 6) is -0.437. The second-order valence-corrected chi connectivity index (χ2v) is 7.82. The molecular formula is C22H18IN3O2S. The van der Waals surface area contributed by atoms with Gasteiger partial charge in [0.1, 0.15) is 0 Å². The molecule has 0 unspecified atom stereocenters. The second-order valence-electron chi connectivity index (χ2n) is 6.16. The van der Waals surface area contributed by atoms with Crippen LogP contribution in [-0.4, -0.2) is 16.9 Å². The van der Waals surface area contributed by atoms with Crippen LogP contribution in [0.3, 0.4) is 0 Å². The van der Waals surface area contributed by atoms with Crippen LogP contribution < -0.4 is 16.0 Å².